The van der Waals surface area contributed by atoms with Crippen LogP contribution in [-0.2, 0) is 5.41 Å². The Bertz CT molecular complexity index is 449. The van der Waals surface area contributed by atoms with Gasteiger partial charge < -0.3 is 5.73 Å². The van der Waals surface area contributed by atoms with Crippen molar-refractivity contribution in [2.75, 3.05) is 0 Å². The van der Waals surface area contributed by atoms with E-state index in [2.05, 4.69) is 60.3 Å². The minimum atomic E-state index is 0.161. The summed E-state index contributed by atoms with van der Waals surface area (Å²) in [6.45, 7) is 17.3. The lowest BCUT2D eigenvalue weighted by molar-refractivity contribution is 0.571. The Labute approximate surface area is 118 Å². The molecule has 2 unspecified atom stereocenters. The van der Waals surface area contributed by atoms with E-state index in [0.29, 0.717) is 5.92 Å². The molecule has 0 amide bonds. The van der Waals surface area contributed by atoms with Gasteiger partial charge in [-0.2, -0.15) is 0 Å². The first-order chi connectivity index (χ1) is 8.66. The van der Waals surface area contributed by atoms with E-state index in [1.54, 1.807) is 0 Å². The second-order valence-electron chi connectivity index (χ2n) is 6.85. The molecule has 0 saturated heterocycles. The van der Waals surface area contributed by atoms with Crippen molar-refractivity contribution in [3.8, 4) is 0 Å². The van der Waals surface area contributed by atoms with Gasteiger partial charge in [-0.15, -0.1) is 0 Å². The lowest BCUT2D eigenvalue weighted by atomic mass is 9.80. The number of nitrogens with two attached hydrogens (primary N) is 1. The third-order valence-electron chi connectivity index (χ3n) is 3.83. The summed E-state index contributed by atoms with van der Waals surface area (Å²) < 4.78 is 0. The van der Waals surface area contributed by atoms with Crippen LogP contribution in [0.3, 0.4) is 0 Å². The van der Waals surface area contributed by atoms with Crippen LogP contribution < -0.4 is 5.73 Å². The van der Waals surface area contributed by atoms with Crippen molar-refractivity contribution in [3.63, 3.8) is 0 Å². The smallest absolute Gasteiger partial charge is 0.00162 e. The summed E-state index contributed by atoms with van der Waals surface area (Å²) in [6, 6.07) is 4.86. The zero-order valence-corrected chi connectivity index (χ0v) is 13.4. The van der Waals surface area contributed by atoms with E-state index in [9.17, 15) is 0 Å². The Kier molecular flexibility index (Phi) is 4.98. The van der Waals surface area contributed by atoms with Gasteiger partial charge in [0.05, 0.1) is 0 Å². The molecule has 19 heavy (non-hydrogen) atoms. The van der Waals surface area contributed by atoms with E-state index in [0.717, 1.165) is 6.42 Å². The molecule has 1 nitrogen and oxygen atoms in total. The SMILES string of the molecule is C=Cc1cc(C(C)(C)C)cc(C(C)CC(C)N)c1C. The Morgan fingerprint density at radius 3 is 2.26 bits per heavy atom. The Balaban J connectivity index is 3.33. The molecule has 1 aromatic carbocycles. The quantitative estimate of drug-likeness (QED) is 0.827. The normalized spacial score (nSPS) is 15.1. The zero-order valence-electron chi connectivity index (χ0n) is 13.4. The van der Waals surface area contributed by atoms with Crippen molar-refractivity contribution in [1.82, 2.24) is 0 Å². The molecule has 106 valence electrons. The number of hydrogen-bond acceptors (Lipinski definition) is 1. The van der Waals surface area contributed by atoms with Crippen LogP contribution >= 0.6 is 0 Å². The van der Waals surface area contributed by atoms with Gasteiger partial charge in [0.1, 0.15) is 0 Å². The summed E-state index contributed by atoms with van der Waals surface area (Å²) in [5.74, 6) is 0.487. The molecule has 1 rings (SSSR count). The highest BCUT2D eigenvalue weighted by Gasteiger charge is 2.19. The molecule has 1 aromatic rings. The van der Waals surface area contributed by atoms with E-state index in [1.165, 1.54) is 22.3 Å². The van der Waals surface area contributed by atoms with Crippen molar-refractivity contribution in [2.24, 2.45) is 5.73 Å². The summed E-state index contributed by atoms with van der Waals surface area (Å²) in [7, 11) is 0. The number of rotatable bonds is 4. The molecule has 0 aliphatic carbocycles. The number of hydrogen-bond donors (Lipinski definition) is 1. The monoisotopic (exact) mass is 259 g/mol. The van der Waals surface area contributed by atoms with Gasteiger partial charge >= 0.3 is 0 Å². The predicted molar refractivity (Wildman–Crippen MR) is 86.7 cm³/mol. The second kappa shape index (κ2) is 5.92. The van der Waals surface area contributed by atoms with Crippen LogP contribution in [0.2, 0.25) is 0 Å². The standard InChI is InChI=1S/C18H29N/c1-8-15-10-16(18(5,6)7)11-17(14(15)4)12(2)9-13(3)19/h8,10-13H,1,9,19H2,2-7H3. The summed E-state index contributed by atoms with van der Waals surface area (Å²) >= 11 is 0. The van der Waals surface area contributed by atoms with Gasteiger partial charge in [0, 0.05) is 6.04 Å². The van der Waals surface area contributed by atoms with Crippen LogP contribution in [-0.4, -0.2) is 6.04 Å². The first-order valence-electron chi connectivity index (χ1n) is 7.19. The van der Waals surface area contributed by atoms with Crippen LogP contribution in [0.1, 0.15) is 69.2 Å². The Hall–Kier alpha value is -1.08. The van der Waals surface area contributed by atoms with Gasteiger partial charge in [-0.1, -0.05) is 52.5 Å². The fraction of sp³-hybridized carbons (Fsp3) is 0.556. The van der Waals surface area contributed by atoms with Crippen LogP contribution in [0.15, 0.2) is 18.7 Å². The molecular weight excluding hydrogens is 230 g/mol. The minimum Gasteiger partial charge on any atom is -0.328 e. The molecular formula is C18H29N. The molecule has 0 aliphatic rings. The van der Waals surface area contributed by atoms with E-state index < -0.39 is 0 Å². The van der Waals surface area contributed by atoms with Crippen molar-refractivity contribution >= 4 is 6.08 Å². The molecule has 0 heterocycles. The van der Waals surface area contributed by atoms with Gasteiger partial charge in [0.15, 0.2) is 0 Å². The molecule has 0 bridgehead atoms. The third kappa shape index (κ3) is 3.94. The third-order valence-corrected chi connectivity index (χ3v) is 3.83. The molecule has 1 heteroatoms. The Morgan fingerprint density at radius 2 is 1.84 bits per heavy atom. The summed E-state index contributed by atoms with van der Waals surface area (Å²) in [5, 5.41) is 0. The predicted octanol–water partition coefficient (Wildman–Crippen LogP) is 4.78. The van der Waals surface area contributed by atoms with Gasteiger partial charge in [-0.05, 0) is 53.9 Å². The minimum absolute atomic E-state index is 0.161. The summed E-state index contributed by atoms with van der Waals surface area (Å²) in [5.41, 5.74) is 11.5. The van der Waals surface area contributed by atoms with Gasteiger partial charge in [0.25, 0.3) is 0 Å². The molecule has 0 fully saturated rings. The first kappa shape index (κ1) is 16.0. The molecule has 2 atom stereocenters. The van der Waals surface area contributed by atoms with Crippen molar-refractivity contribution in [1.29, 1.82) is 0 Å². The maximum absolute atomic E-state index is 5.95. The molecule has 0 spiro atoms. The highest BCUT2D eigenvalue weighted by molar-refractivity contribution is 5.57. The Morgan fingerprint density at radius 1 is 1.26 bits per heavy atom. The lowest BCUT2D eigenvalue weighted by Gasteiger charge is -2.25. The molecule has 0 aromatic heterocycles. The zero-order chi connectivity index (χ0) is 14.8. The van der Waals surface area contributed by atoms with Crippen molar-refractivity contribution < 1.29 is 0 Å². The molecule has 2 N–H and O–H groups in total. The van der Waals surface area contributed by atoms with Crippen LogP contribution in [0.5, 0.6) is 0 Å². The molecule has 0 radical (unpaired) electrons. The topological polar surface area (TPSA) is 26.0 Å². The highest BCUT2D eigenvalue weighted by Crippen LogP contribution is 2.32. The summed E-state index contributed by atoms with van der Waals surface area (Å²) in [6.07, 6.45) is 2.98. The molecule has 0 aliphatic heterocycles. The maximum atomic E-state index is 5.95. The highest BCUT2D eigenvalue weighted by atomic mass is 14.6. The average Bonchev–Trinajstić information content (AvgIpc) is 2.26. The maximum Gasteiger partial charge on any atom is 0.00162 e. The van der Waals surface area contributed by atoms with Gasteiger partial charge in [-0.3, -0.25) is 0 Å². The first-order valence-corrected chi connectivity index (χ1v) is 7.19. The fourth-order valence-corrected chi connectivity index (χ4v) is 2.60. The van der Waals surface area contributed by atoms with Gasteiger partial charge in [0.2, 0.25) is 0 Å². The van der Waals surface area contributed by atoms with E-state index in [4.69, 9.17) is 5.73 Å². The van der Waals surface area contributed by atoms with E-state index in [1.807, 2.05) is 6.08 Å². The average molecular weight is 259 g/mol. The molecule has 0 saturated carbocycles. The van der Waals surface area contributed by atoms with Crippen LogP contribution in [0.4, 0.5) is 0 Å². The summed E-state index contributed by atoms with van der Waals surface area (Å²) in [4.78, 5) is 0. The van der Waals surface area contributed by atoms with Crippen LogP contribution in [0, 0.1) is 6.92 Å². The van der Waals surface area contributed by atoms with Crippen molar-refractivity contribution in [3.05, 3.63) is 41.0 Å². The fourth-order valence-electron chi connectivity index (χ4n) is 2.60. The van der Waals surface area contributed by atoms with Crippen LogP contribution in [0.25, 0.3) is 6.08 Å². The number of benzene rings is 1. The van der Waals surface area contributed by atoms with E-state index >= 15 is 0 Å². The second-order valence-corrected chi connectivity index (χ2v) is 6.85. The largest absolute Gasteiger partial charge is 0.328 e. The van der Waals surface area contributed by atoms with Gasteiger partial charge in [-0.25, -0.2) is 0 Å². The lowest BCUT2D eigenvalue weighted by Crippen LogP contribution is -2.19. The van der Waals surface area contributed by atoms with E-state index in [-0.39, 0.29) is 11.5 Å². The van der Waals surface area contributed by atoms with Crippen molar-refractivity contribution in [2.45, 2.75) is 65.3 Å².